The van der Waals surface area contributed by atoms with E-state index in [0.29, 0.717) is 22.6 Å². The zero-order chi connectivity index (χ0) is 25.8. The molecule has 0 saturated carbocycles. The second-order valence-electron chi connectivity index (χ2n) is 8.47. The smallest absolute Gasteiger partial charge is 0.412 e. The van der Waals surface area contributed by atoms with Gasteiger partial charge in [-0.3, -0.25) is 14.8 Å². The van der Waals surface area contributed by atoms with Gasteiger partial charge in [-0.05, 0) is 36.6 Å². The molecule has 1 aromatic heterocycles. The number of ether oxygens (including phenoxy) is 1. The molecule has 0 aliphatic rings. The molecule has 4 aromatic rings. The van der Waals surface area contributed by atoms with Crippen molar-refractivity contribution in [3.8, 4) is 22.4 Å². The Bertz CT molecular complexity index is 1400. The van der Waals surface area contributed by atoms with Gasteiger partial charge in [0.05, 0.1) is 23.5 Å². The second-order valence-corrected chi connectivity index (χ2v) is 8.47. The van der Waals surface area contributed by atoms with E-state index in [4.69, 9.17) is 9.84 Å². The molecule has 0 aliphatic heterocycles. The molecule has 1 atom stereocenters. The third-order valence-corrected chi connectivity index (χ3v) is 5.88. The summed E-state index contributed by atoms with van der Waals surface area (Å²) < 4.78 is 21.2. The zero-order valence-corrected chi connectivity index (χ0v) is 20.2. The van der Waals surface area contributed by atoms with Crippen LogP contribution in [-0.2, 0) is 23.0 Å². The number of anilines is 1. The zero-order valence-electron chi connectivity index (χ0n) is 20.2. The van der Waals surface area contributed by atoms with Crippen LogP contribution in [0.15, 0.2) is 72.8 Å². The Balaban J connectivity index is 1.53. The molecule has 1 heterocycles. The lowest BCUT2D eigenvalue weighted by Crippen LogP contribution is -2.17. The van der Waals surface area contributed by atoms with Crippen LogP contribution in [0.3, 0.4) is 0 Å². The van der Waals surface area contributed by atoms with Crippen molar-refractivity contribution in [3.63, 3.8) is 0 Å². The first-order valence-electron chi connectivity index (χ1n) is 11.4. The van der Waals surface area contributed by atoms with E-state index in [1.54, 1.807) is 55.9 Å². The van der Waals surface area contributed by atoms with Crippen LogP contribution >= 0.6 is 0 Å². The van der Waals surface area contributed by atoms with E-state index in [-0.39, 0.29) is 6.42 Å². The number of nitrogens with one attached hydrogen (secondary N) is 1. The molecular formula is C28H26FN3O4. The maximum Gasteiger partial charge on any atom is 0.412 e. The molecule has 0 saturated heterocycles. The van der Waals surface area contributed by atoms with Gasteiger partial charge in [0.15, 0.2) is 0 Å². The first kappa shape index (κ1) is 24.7. The number of hydrogen-bond donors (Lipinski definition) is 2. The van der Waals surface area contributed by atoms with Crippen LogP contribution in [0.5, 0.6) is 0 Å². The minimum Gasteiger partial charge on any atom is -0.481 e. The van der Waals surface area contributed by atoms with Crippen molar-refractivity contribution in [1.29, 1.82) is 0 Å². The summed E-state index contributed by atoms with van der Waals surface area (Å²) in [5, 5.41) is 16.2. The molecule has 0 aliphatic carbocycles. The van der Waals surface area contributed by atoms with Crippen LogP contribution in [-0.4, -0.2) is 26.9 Å². The molecule has 184 valence electrons. The normalized spacial score (nSPS) is 11.7. The van der Waals surface area contributed by atoms with E-state index in [9.17, 15) is 14.0 Å². The number of aromatic nitrogens is 2. The van der Waals surface area contributed by atoms with E-state index < -0.39 is 24.0 Å². The van der Waals surface area contributed by atoms with Crippen molar-refractivity contribution < 1.29 is 23.8 Å². The standard InChI is InChI=1S/C28H26FN3O4/c1-17-26(30-28(35)36-18(2)23-6-4-5-7-24(23)29)27(32(3)31-17)22-14-12-21(13-15-22)20-10-8-19(9-11-20)16-25(33)34/h4-15,18H,16H2,1-3H3,(H,30,35)(H,33,34). The summed E-state index contributed by atoms with van der Waals surface area (Å²) in [7, 11) is 1.79. The number of carbonyl (C=O) groups excluding carboxylic acids is 1. The van der Waals surface area contributed by atoms with Gasteiger partial charge in [0, 0.05) is 18.2 Å². The van der Waals surface area contributed by atoms with Gasteiger partial charge in [-0.25, -0.2) is 9.18 Å². The minimum absolute atomic E-state index is 0.0175. The lowest BCUT2D eigenvalue weighted by atomic mass is 10.0. The van der Waals surface area contributed by atoms with E-state index in [1.165, 1.54) is 6.07 Å². The molecule has 36 heavy (non-hydrogen) atoms. The topological polar surface area (TPSA) is 93.5 Å². The Morgan fingerprint density at radius 2 is 1.58 bits per heavy atom. The summed E-state index contributed by atoms with van der Waals surface area (Å²) in [4.78, 5) is 23.6. The van der Waals surface area contributed by atoms with E-state index in [0.717, 1.165) is 22.3 Å². The number of hydrogen-bond acceptors (Lipinski definition) is 4. The summed E-state index contributed by atoms with van der Waals surface area (Å²) in [6.45, 7) is 3.40. The lowest BCUT2D eigenvalue weighted by molar-refractivity contribution is -0.136. The molecule has 0 fully saturated rings. The van der Waals surface area contributed by atoms with Crippen molar-refractivity contribution in [3.05, 3.63) is 95.4 Å². The maximum atomic E-state index is 14.0. The second kappa shape index (κ2) is 10.4. The lowest BCUT2D eigenvalue weighted by Gasteiger charge is -2.15. The van der Waals surface area contributed by atoms with Gasteiger partial charge < -0.3 is 9.84 Å². The number of carboxylic acid groups (broad SMARTS) is 1. The third kappa shape index (κ3) is 5.43. The van der Waals surface area contributed by atoms with Crippen molar-refractivity contribution in [2.75, 3.05) is 5.32 Å². The van der Waals surface area contributed by atoms with Crippen LogP contribution < -0.4 is 5.32 Å². The predicted octanol–water partition coefficient (Wildman–Crippen LogP) is 6.14. The predicted molar refractivity (Wildman–Crippen MR) is 135 cm³/mol. The van der Waals surface area contributed by atoms with E-state index in [1.807, 2.05) is 36.4 Å². The van der Waals surface area contributed by atoms with Gasteiger partial charge in [-0.2, -0.15) is 5.10 Å². The van der Waals surface area contributed by atoms with Crippen molar-refractivity contribution in [2.45, 2.75) is 26.4 Å². The molecule has 0 radical (unpaired) electrons. The Labute approximate surface area is 208 Å². The SMILES string of the molecule is Cc1nn(C)c(-c2ccc(-c3ccc(CC(=O)O)cc3)cc2)c1NC(=O)OC(C)c1ccccc1F. The van der Waals surface area contributed by atoms with Crippen LogP contribution in [0.1, 0.15) is 29.8 Å². The number of aliphatic carboxylic acids is 1. The quantitative estimate of drug-likeness (QED) is 0.327. The number of amides is 1. The van der Waals surface area contributed by atoms with Gasteiger partial charge in [0.2, 0.25) is 0 Å². The minimum atomic E-state index is -0.867. The Morgan fingerprint density at radius 3 is 2.19 bits per heavy atom. The molecule has 7 nitrogen and oxygen atoms in total. The molecular weight excluding hydrogens is 461 g/mol. The summed E-state index contributed by atoms with van der Waals surface area (Å²) in [5.74, 6) is -1.30. The average molecular weight is 488 g/mol. The molecule has 0 bridgehead atoms. The first-order valence-corrected chi connectivity index (χ1v) is 11.4. The third-order valence-electron chi connectivity index (χ3n) is 5.88. The van der Waals surface area contributed by atoms with Gasteiger partial charge >= 0.3 is 12.1 Å². The largest absolute Gasteiger partial charge is 0.481 e. The first-order chi connectivity index (χ1) is 17.2. The molecule has 4 rings (SSSR count). The fourth-order valence-electron chi connectivity index (χ4n) is 4.11. The highest BCUT2D eigenvalue weighted by molar-refractivity contribution is 5.92. The highest BCUT2D eigenvalue weighted by Crippen LogP contribution is 2.33. The average Bonchev–Trinajstić information content (AvgIpc) is 3.11. The fraction of sp³-hybridized carbons (Fsp3) is 0.179. The Kier molecular flexibility index (Phi) is 7.15. The Morgan fingerprint density at radius 1 is 1.00 bits per heavy atom. The van der Waals surface area contributed by atoms with Crippen LogP contribution in [0.4, 0.5) is 14.9 Å². The van der Waals surface area contributed by atoms with Crippen molar-refractivity contribution in [1.82, 2.24) is 9.78 Å². The highest BCUT2D eigenvalue weighted by atomic mass is 19.1. The molecule has 3 aromatic carbocycles. The number of carbonyl (C=O) groups is 2. The van der Waals surface area contributed by atoms with Gasteiger partial charge in [0.1, 0.15) is 11.9 Å². The van der Waals surface area contributed by atoms with Crippen LogP contribution in [0, 0.1) is 12.7 Å². The number of aryl methyl sites for hydroxylation is 2. The molecule has 0 spiro atoms. The number of carboxylic acids is 1. The number of rotatable bonds is 7. The highest BCUT2D eigenvalue weighted by Gasteiger charge is 2.21. The number of nitrogens with zero attached hydrogens (tertiary/aromatic N) is 2. The van der Waals surface area contributed by atoms with Gasteiger partial charge in [0.25, 0.3) is 0 Å². The summed E-state index contributed by atoms with van der Waals surface area (Å²) in [6.07, 6.45) is -1.50. The van der Waals surface area contributed by atoms with Crippen LogP contribution in [0.2, 0.25) is 0 Å². The number of halogens is 1. The van der Waals surface area contributed by atoms with E-state index in [2.05, 4.69) is 10.4 Å². The van der Waals surface area contributed by atoms with Crippen molar-refractivity contribution in [2.24, 2.45) is 7.05 Å². The van der Waals surface area contributed by atoms with Crippen molar-refractivity contribution >= 4 is 17.7 Å². The molecule has 1 unspecified atom stereocenters. The number of benzene rings is 3. The molecule has 2 N–H and O–H groups in total. The van der Waals surface area contributed by atoms with Gasteiger partial charge in [-0.1, -0.05) is 66.7 Å². The molecule has 1 amide bonds. The Hall–Kier alpha value is -4.46. The summed E-state index contributed by atoms with van der Waals surface area (Å²) in [6, 6.07) is 21.3. The van der Waals surface area contributed by atoms with E-state index >= 15 is 0 Å². The molecule has 8 heteroatoms. The van der Waals surface area contributed by atoms with Crippen LogP contribution in [0.25, 0.3) is 22.4 Å². The summed E-state index contributed by atoms with van der Waals surface area (Å²) in [5.41, 5.74) is 5.61. The fourth-order valence-corrected chi connectivity index (χ4v) is 4.11. The monoisotopic (exact) mass is 487 g/mol. The maximum absolute atomic E-state index is 14.0. The van der Waals surface area contributed by atoms with Gasteiger partial charge in [-0.15, -0.1) is 0 Å². The summed E-state index contributed by atoms with van der Waals surface area (Å²) >= 11 is 0.